The Labute approximate surface area is 109 Å². The normalized spacial score (nSPS) is 25.8. The number of allylic oxidation sites excluding steroid dienone is 2. The van der Waals surface area contributed by atoms with Crippen LogP contribution in [-0.4, -0.2) is 7.05 Å². The van der Waals surface area contributed by atoms with Gasteiger partial charge in [0.2, 0.25) is 0 Å². The van der Waals surface area contributed by atoms with Crippen LogP contribution in [0.25, 0.3) is 0 Å². The molecule has 2 atom stereocenters. The van der Waals surface area contributed by atoms with Crippen molar-refractivity contribution in [2.45, 2.75) is 38.6 Å². The molecule has 0 aromatic heterocycles. The zero-order chi connectivity index (χ0) is 12.5. The lowest BCUT2D eigenvalue weighted by Crippen LogP contribution is -2.15. The van der Waals surface area contributed by atoms with Crippen LogP contribution in [0.15, 0.2) is 30.0 Å². The van der Waals surface area contributed by atoms with E-state index in [-0.39, 0.29) is 0 Å². The predicted molar refractivity (Wildman–Crippen MR) is 76.7 cm³/mol. The number of rotatable bonds is 2. The molecule has 1 aliphatic carbocycles. The van der Waals surface area contributed by atoms with Gasteiger partial charge in [0.1, 0.15) is 0 Å². The molecule has 0 spiro atoms. The van der Waals surface area contributed by atoms with Crippen LogP contribution in [0.4, 0.5) is 5.69 Å². The van der Waals surface area contributed by atoms with Gasteiger partial charge >= 0.3 is 0 Å². The Bertz CT molecular complexity index is 476. The van der Waals surface area contributed by atoms with Gasteiger partial charge in [0, 0.05) is 23.8 Å². The van der Waals surface area contributed by atoms with E-state index in [1.165, 1.54) is 41.8 Å². The molecule has 2 bridgehead atoms. The molecule has 0 amide bonds. The molecule has 2 nitrogen and oxygen atoms in total. The summed E-state index contributed by atoms with van der Waals surface area (Å²) < 4.78 is 0. The predicted octanol–water partition coefficient (Wildman–Crippen LogP) is 3.62. The Morgan fingerprint density at radius 1 is 1.33 bits per heavy atom. The standard InChI is InChI=1S/C16H22N2/c1-11-4-3-5-13-9-15(11)18-16-8-12(10-17-2)6-7-14(13)16/h6-9,11,13,17-18H,3-5,10H2,1-2H3. The van der Waals surface area contributed by atoms with Crippen LogP contribution in [0.3, 0.4) is 0 Å². The zero-order valence-corrected chi connectivity index (χ0v) is 11.3. The van der Waals surface area contributed by atoms with Gasteiger partial charge in [0.15, 0.2) is 0 Å². The van der Waals surface area contributed by atoms with Crippen LogP contribution >= 0.6 is 0 Å². The van der Waals surface area contributed by atoms with Gasteiger partial charge in [-0.3, -0.25) is 0 Å². The van der Waals surface area contributed by atoms with E-state index in [4.69, 9.17) is 0 Å². The van der Waals surface area contributed by atoms with E-state index in [2.05, 4.69) is 41.8 Å². The van der Waals surface area contributed by atoms with Crippen molar-refractivity contribution >= 4 is 5.69 Å². The van der Waals surface area contributed by atoms with Crippen LogP contribution in [0.5, 0.6) is 0 Å². The van der Waals surface area contributed by atoms with E-state index in [1.807, 2.05) is 7.05 Å². The summed E-state index contributed by atoms with van der Waals surface area (Å²) in [7, 11) is 2.00. The van der Waals surface area contributed by atoms with Crippen molar-refractivity contribution < 1.29 is 0 Å². The number of benzene rings is 1. The monoisotopic (exact) mass is 242 g/mol. The fourth-order valence-corrected chi connectivity index (χ4v) is 3.18. The van der Waals surface area contributed by atoms with Crippen molar-refractivity contribution in [2.75, 3.05) is 12.4 Å². The van der Waals surface area contributed by atoms with E-state index < -0.39 is 0 Å². The molecule has 2 aliphatic rings. The van der Waals surface area contributed by atoms with Crippen molar-refractivity contribution in [2.24, 2.45) is 5.92 Å². The third-order valence-corrected chi connectivity index (χ3v) is 4.24. The van der Waals surface area contributed by atoms with Crippen molar-refractivity contribution in [3.63, 3.8) is 0 Å². The lowest BCUT2D eigenvalue weighted by Gasteiger charge is -2.26. The molecular formula is C16H22N2. The van der Waals surface area contributed by atoms with Crippen LogP contribution in [0.2, 0.25) is 0 Å². The topological polar surface area (TPSA) is 24.1 Å². The second-order valence-corrected chi connectivity index (χ2v) is 5.64. The average molecular weight is 242 g/mol. The molecular weight excluding hydrogens is 220 g/mol. The molecule has 1 aliphatic heterocycles. The quantitative estimate of drug-likeness (QED) is 0.827. The minimum atomic E-state index is 0.629. The molecule has 0 fully saturated rings. The zero-order valence-electron chi connectivity index (χ0n) is 11.3. The number of anilines is 1. The molecule has 3 rings (SSSR count). The lowest BCUT2D eigenvalue weighted by atomic mass is 9.89. The van der Waals surface area contributed by atoms with Crippen molar-refractivity contribution in [3.8, 4) is 0 Å². The van der Waals surface area contributed by atoms with Crippen LogP contribution in [0, 0.1) is 5.92 Å². The molecule has 2 unspecified atom stereocenters. The summed E-state index contributed by atoms with van der Waals surface area (Å²) in [4.78, 5) is 0. The average Bonchev–Trinajstić information content (AvgIpc) is 2.51. The van der Waals surface area contributed by atoms with Gasteiger partial charge in [0.05, 0.1) is 0 Å². The van der Waals surface area contributed by atoms with Crippen molar-refractivity contribution in [1.29, 1.82) is 0 Å². The van der Waals surface area contributed by atoms with Crippen LogP contribution in [0.1, 0.15) is 43.2 Å². The molecule has 2 heteroatoms. The maximum absolute atomic E-state index is 3.65. The van der Waals surface area contributed by atoms with Gasteiger partial charge in [0.25, 0.3) is 0 Å². The molecule has 1 heterocycles. The largest absolute Gasteiger partial charge is 0.359 e. The highest BCUT2D eigenvalue weighted by atomic mass is 14.9. The first-order valence-corrected chi connectivity index (χ1v) is 7.04. The smallest absolute Gasteiger partial charge is 0.0423 e. The van der Waals surface area contributed by atoms with E-state index in [0.29, 0.717) is 11.8 Å². The van der Waals surface area contributed by atoms with E-state index in [0.717, 1.165) is 6.54 Å². The van der Waals surface area contributed by atoms with Crippen LogP contribution < -0.4 is 10.6 Å². The van der Waals surface area contributed by atoms with E-state index >= 15 is 0 Å². The SMILES string of the molecule is CNCc1ccc2c(c1)NC1=CC2CCCC1C. The maximum atomic E-state index is 3.65. The lowest BCUT2D eigenvalue weighted by molar-refractivity contribution is 0.577. The van der Waals surface area contributed by atoms with Gasteiger partial charge in [-0.2, -0.15) is 0 Å². The highest BCUT2D eigenvalue weighted by molar-refractivity contribution is 5.62. The first-order valence-electron chi connectivity index (χ1n) is 7.04. The summed E-state index contributed by atoms with van der Waals surface area (Å²) in [6.07, 6.45) is 6.41. The first kappa shape index (κ1) is 11.8. The third-order valence-electron chi connectivity index (χ3n) is 4.24. The Kier molecular flexibility index (Phi) is 3.13. The third kappa shape index (κ3) is 2.05. The summed E-state index contributed by atoms with van der Waals surface area (Å²) in [5, 5.41) is 6.87. The van der Waals surface area contributed by atoms with Crippen molar-refractivity contribution in [1.82, 2.24) is 5.32 Å². The van der Waals surface area contributed by atoms with Gasteiger partial charge in [-0.05, 0) is 43.0 Å². The second-order valence-electron chi connectivity index (χ2n) is 5.64. The van der Waals surface area contributed by atoms with Crippen LogP contribution in [-0.2, 0) is 6.54 Å². The summed E-state index contributed by atoms with van der Waals surface area (Å²) in [5.41, 5.74) is 5.61. The fraction of sp³-hybridized carbons (Fsp3) is 0.500. The Hall–Kier alpha value is -1.28. The van der Waals surface area contributed by atoms with E-state index in [9.17, 15) is 0 Å². The maximum Gasteiger partial charge on any atom is 0.0423 e. The number of fused-ring (bicyclic) bond motifs is 3. The second kappa shape index (κ2) is 4.77. The van der Waals surface area contributed by atoms with Gasteiger partial charge < -0.3 is 10.6 Å². The van der Waals surface area contributed by atoms with Crippen molar-refractivity contribution in [3.05, 3.63) is 41.1 Å². The molecule has 96 valence electrons. The summed E-state index contributed by atoms with van der Waals surface area (Å²) in [6, 6.07) is 6.87. The Morgan fingerprint density at radius 3 is 3.06 bits per heavy atom. The molecule has 1 aromatic rings. The van der Waals surface area contributed by atoms with Gasteiger partial charge in [-0.25, -0.2) is 0 Å². The number of nitrogens with one attached hydrogen (secondary N) is 2. The Morgan fingerprint density at radius 2 is 2.22 bits per heavy atom. The summed E-state index contributed by atoms with van der Waals surface area (Å²) >= 11 is 0. The molecule has 1 aromatic carbocycles. The minimum Gasteiger partial charge on any atom is -0.359 e. The fourth-order valence-electron chi connectivity index (χ4n) is 3.18. The Balaban J connectivity index is 1.96. The highest BCUT2D eigenvalue weighted by Crippen LogP contribution is 2.41. The molecule has 0 radical (unpaired) electrons. The van der Waals surface area contributed by atoms with Gasteiger partial charge in [-0.15, -0.1) is 0 Å². The minimum absolute atomic E-state index is 0.629. The molecule has 0 saturated heterocycles. The number of hydrogen-bond donors (Lipinski definition) is 2. The number of hydrogen-bond acceptors (Lipinski definition) is 2. The van der Waals surface area contributed by atoms with E-state index in [1.54, 1.807) is 0 Å². The molecule has 2 N–H and O–H groups in total. The summed E-state index contributed by atoms with van der Waals surface area (Å²) in [6.45, 7) is 3.28. The first-order chi connectivity index (χ1) is 8.78. The molecule has 18 heavy (non-hydrogen) atoms. The summed E-state index contributed by atoms with van der Waals surface area (Å²) in [5.74, 6) is 1.31. The highest BCUT2D eigenvalue weighted by Gasteiger charge is 2.25. The molecule has 0 saturated carbocycles. The van der Waals surface area contributed by atoms with Gasteiger partial charge in [-0.1, -0.05) is 31.6 Å².